The quantitative estimate of drug-likeness (QED) is 0.767. The predicted octanol–water partition coefficient (Wildman–Crippen LogP) is -0.0616. The van der Waals surface area contributed by atoms with Crippen LogP contribution in [0.15, 0.2) is 18.2 Å². The molecule has 0 fully saturated rings. The molecule has 98 valence electrons. The molecule has 0 aromatic heterocycles. The van der Waals surface area contributed by atoms with E-state index in [9.17, 15) is 14.7 Å². The van der Waals surface area contributed by atoms with Gasteiger partial charge in [-0.25, -0.2) is 0 Å². The largest absolute Gasteiger partial charge is 0.550 e. The molecule has 1 aromatic rings. The van der Waals surface area contributed by atoms with Gasteiger partial charge in [0, 0.05) is 18.9 Å². The third-order valence-corrected chi connectivity index (χ3v) is 2.50. The van der Waals surface area contributed by atoms with Crippen LogP contribution in [0.25, 0.3) is 0 Å². The maximum absolute atomic E-state index is 11.3. The van der Waals surface area contributed by atoms with Crippen molar-refractivity contribution in [3.05, 3.63) is 29.3 Å². The Bertz CT molecular complexity index is 443. The van der Waals surface area contributed by atoms with Gasteiger partial charge in [0.25, 0.3) is 5.91 Å². The van der Waals surface area contributed by atoms with Crippen LogP contribution in [-0.4, -0.2) is 25.0 Å². The third kappa shape index (κ3) is 4.86. The molecule has 0 spiro atoms. The Balaban J connectivity index is 2.33. The van der Waals surface area contributed by atoms with E-state index >= 15 is 0 Å². The van der Waals surface area contributed by atoms with Gasteiger partial charge in [-0.15, -0.1) is 0 Å². The highest BCUT2D eigenvalue weighted by Gasteiger charge is 2.03. The molecule has 1 amide bonds. The van der Waals surface area contributed by atoms with Crippen molar-refractivity contribution in [1.29, 1.82) is 0 Å². The van der Waals surface area contributed by atoms with Gasteiger partial charge in [0.1, 0.15) is 5.75 Å². The van der Waals surface area contributed by atoms with Crippen molar-refractivity contribution in [3.63, 3.8) is 0 Å². The van der Waals surface area contributed by atoms with E-state index in [4.69, 9.17) is 4.74 Å². The van der Waals surface area contributed by atoms with Crippen LogP contribution in [0.1, 0.15) is 17.5 Å². The van der Waals surface area contributed by atoms with Crippen molar-refractivity contribution < 1.29 is 19.4 Å². The second kappa shape index (κ2) is 6.64. The average Bonchev–Trinajstić information content (AvgIpc) is 2.30. The van der Waals surface area contributed by atoms with Crippen LogP contribution < -0.4 is 15.2 Å². The van der Waals surface area contributed by atoms with Gasteiger partial charge >= 0.3 is 0 Å². The van der Waals surface area contributed by atoms with Gasteiger partial charge < -0.3 is 20.0 Å². The van der Waals surface area contributed by atoms with Gasteiger partial charge in [0.2, 0.25) is 0 Å². The first-order valence-corrected chi connectivity index (χ1v) is 5.65. The zero-order chi connectivity index (χ0) is 13.5. The normalized spacial score (nSPS) is 9.89. The fourth-order valence-corrected chi connectivity index (χ4v) is 1.31. The van der Waals surface area contributed by atoms with E-state index in [0.717, 1.165) is 11.1 Å². The summed E-state index contributed by atoms with van der Waals surface area (Å²) in [6, 6.07) is 5.55. The van der Waals surface area contributed by atoms with Gasteiger partial charge in [0.15, 0.2) is 6.61 Å². The Morgan fingerprint density at radius 3 is 2.61 bits per heavy atom. The summed E-state index contributed by atoms with van der Waals surface area (Å²) in [5.74, 6) is -0.923. The maximum atomic E-state index is 11.3. The number of aliphatic carboxylic acids is 1. The first-order chi connectivity index (χ1) is 8.49. The van der Waals surface area contributed by atoms with Crippen LogP contribution in [0.4, 0.5) is 0 Å². The third-order valence-electron chi connectivity index (χ3n) is 2.50. The molecule has 0 aliphatic heterocycles. The number of hydrogen-bond acceptors (Lipinski definition) is 4. The number of carbonyl (C=O) groups excluding carboxylic acids is 2. The maximum Gasteiger partial charge on any atom is 0.257 e. The second-order valence-corrected chi connectivity index (χ2v) is 4.01. The van der Waals surface area contributed by atoms with Gasteiger partial charge in [-0.1, -0.05) is 6.07 Å². The van der Waals surface area contributed by atoms with Crippen LogP contribution in [0.5, 0.6) is 5.75 Å². The smallest absolute Gasteiger partial charge is 0.257 e. The highest BCUT2D eigenvalue weighted by molar-refractivity contribution is 5.78. The zero-order valence-electron chi connectivity index (χ0n) is 10.5. The summed E-state index contributed by atoms with van der Waals surface area (Å²) < 4.78 is 5.29. The number of aryl methyl sites for hydroxylation is 2. The van der Waals surface area contributed by atoms with Crippen LogP contribution in [-0.2, 0) is 9.59 Å². The molecule has 1 N–H and O–H groups in total. The number of ether oxygens (including phenoxy) is 1. The Hall–Kier alpha value is -2.04. The zero-order valence-corrected chi connectivity index (χ0v) is 10.5. The van der Waals surface area contributed by atoms with Crippen molar-refractivity contribution in [3.8, 4) is 5.75 Å². The van der Waals surface area contributed by atoms with Crippen LogP contribution in [0.2, 0.25) is 0 Å². The minimum atomic E-state index is -1.19. The van der Waals surface area contributed by atoms with E-state index in [0.29, 0.717) is 5.75 Å². The topological polar surface area (TPSA) is 78.5 Å². The molecule has 1 rings (SSSR count). The van der Waals surface area contributed by atoms with Crippen LogP contribution in [0.3, 0.4) is 0 Å². The standard InChI is InChI=1S/C13H17NO4/c1-9-3-4-11(7-10(9)2)18-8-12(15)14-6-5-13(16)17/h3-4,7H,5-6,8H2,1-2H3,(H,14,15)(H,16,17)/p-1. The second-order valence-electron chi connectivity index (χ2n) is 4.01. The number of nitrogens with one attached hydrogen (secondary N) is 1. The Labute approximate surface area is 106 Å². The molecular weight excluding hydrogens is 234 g/mol. The predicted molar refractivity (Wildman–Crippen MR) is 64.0 cm³/mol. The SMILES string of the molecule is Cc1ccc(OCC(=O)NCCC(=O)[O-])cc1C. The lowest BCUT2D eigenvalue weighted by Crippen LogP contribution is -2.33. The molecule has 0 radical (unpaired) electrons. The fourth-order valence-electron chi connectivity index (χ4n) is 1.31. The molecule has 1 aromatic carbocycles. The first kappa shape index (κ1) is 14.0. The monoisotopic (exact) mass is 250 g/mol. The minimum absolute atomic E-state index is 0.0530. The molecule has 0 unspecified atom stereocenters. The van der Waals surface area contributed by atoms with E-state index in [1.165, 1.54) is 0 Å². The van der Waals surface area contributed by atoms with Crippen molar-refractivity contribution in [2.24, 2.45) is 0 Å². The summed E-state index contributed by atoms with van der Waals surface area (Å²) >= 11 is 0. The molecular formula is C13H16NO4-. The van der Waals surface area contributed by atoms with Gasteiger partial charge in [-0.05, 0) is 37.1 Å². The van der Waals surface area contributed by atoms with E-state index in [1.54, 1.807) is 6.07 Å². The molecule has 0 saturated carbocycles. The molecule has 0 bridgehead atoms. The summed E-state index contributed by atoms with van der Waals surface area (Å²) in [6.07, 6.45) is -0.199. The molecule has 18 heavy (non-hydrogen) atoms. The highest BCUT2D eigenvalue weighted by atomic mass is 16.5. The van der Waals surface area contributed by atoms with Gasteiger partial charge in [-0.2, -0.15) is 0 Å². The minimum Gasteiger partial charge on any atom is -0.550 e. The van der Waals surface area contributed by atoms with Gasteiger partial charge in [-0.3, -0.25) is 4.79 Å². The van der Waals surface area contributed by atoms with E-state index in [2.05, 4.69) is 5.32 Å². The van der Waals surface area contributed by atoms with Crippen LogP contribution in [0, 0.1) is 13.8 Å². The number of carboxylic acids is 1. The first-order valence-electron chi connectivity index (χ1n) is 5.65. The molecule has 0 aliphatic rings. The van der Waals surface area contributed by atoms with Crippen LogP contribution >= 0.6 is 0 Å². The highest BCUT2D eigenvalue weighted by Crippen LogP contribution is 2.16. The number of carboxylic acid groups (broad SMARTS) is 1. The summed E-state index contributed by atoms with van der Waals surface area (Å²) in [5, 5.41) is 12.6. The number of amides is 1. The number of rotatable bonds is 6. The number of benzene rings is 1. The number of hydrogen-bond donors (Lipinski definition) is 1. The summed E-state index contributed by atoms with van der Waals surface area (Å²) in [6.45, 7) is 3.88. The lowest BCUT2D eigenvalue weighted by Gasteiger charge is -2.09. The lowest BCUT2D eigenvalue weighted by atomic mass is 10.1. The van der Waals surface area contributed by atoms with Gasteiger partial charge in [0.05, 0.1) is 0 Å². The fraction of sp³-hybridized carbons (Fsp3) is 0.385. The molecule has 0 atom stereocenters. The molecule has 0 aliphatic carbocycles. The van der Waals surface area contributed by atoms with E-state index < -0.39 is 5.97 Å². The molecule has 5 heteroatoms. The Morgan fingerprint density at radius 2 is 2.00 bits per heavy atom. The van der Waals surface area contributed by atoms with Crippen molar-refractivity contribution >= 4 is 11.9 Å². The summed E-state index contributed by atoms with van der Waals surface area (Å²) in [7, 11) is 0. The van der Waals surface area contributed by atoms with Crippen molar-refractivity contribution in [2.75, 3.05) is 13.2 Å². The van der Waals surface area contributed by atoms with E-state index in [1.807, 2.05) is 26.0 Å². The summed E-state index contributed by atoms with van der Waals surface area (Å²) in [4.78, 5) is 21.4. The van der Waals surface area contributed by atoms with Crippen molar-refractivity contribution in [1.82, 2.24) is 5.32 Å². The lowest BCUT2D eigenvalue weighted by molar-refractivity contribution is -0.305. The number of carbonyl (C=O) groups is 2. The molecule has 0 heterocycles. The Kier molecular flexibility index (Phi) is 5.17. The van der Waals surface area contributed by atoms with Crippen molar-refractivity contribution in [2.45, 2.75) is 20.3 Å². The average molecular weight is 250 g/mol. The van der Waals surface area contributed by atoms with E-state index in [-0.39, 0.29) is 25.5 Å². The summed E-state index contributed by atoms with van der Waals surface area (Å²) in [5.41, 5.74) is 2.24. The Morgan fingerprint density at radius 1 is 1.28 bits per heavy atom. The molecule has 0 saturated heterocycles. The molecule has 5 nitrogen and oxygen atoms in total.